The van der Waals surface area contributed by atoms with Crippen molar-refractivity contribution in [1.82, 2.24) is 0 Å². The van der Waals surface area contributed by atoms with Crippen molar-refractivity contribution in [3.05, 3.63) is 59.2 Å². The summed E-state index contributed by atoms with van der Waals surface area (Å²) < 4.78 is 64.2. The predicted octanol–water partition coefficient (Wildman–Crippen LogP) is 4.46. The van der Waals surface area contributed by atoms with Crippen LogP contribution in [0, 0.1) is 11.6 Å². The minimum absolute atomic E-state index is 0.0260. The van der Waals surface area contributed by atoms with E-state index in [2.05, 4.69) is 0 Å². The molecule has 0 saturated heterocycles. The van der Waals surface area contributed by atoms with E-state index in [0.29, 0.717) is 0 Å². The van der Waals surface area contributed by atoms with Crippen molar-refractivity contribution < 1.29 is 26.7 Å². The van der Waals surface area contributed by atoms with Gasteiger partial charge in [-0.1, -0.05) is 12.1 Å². The Morgan fingerprint density at radius 1 is 0.900 bits per heavy atom. The number of hydrogen-bond acceptors (Lipinski definition) is 1. The van der Waals surface area contributed by atoms with E-state index >= 15 is 0 Å². The fraction of sp³-hybridized carbons (Fsp3) is 0.0714. The molecule has 2 aromatic carbocycles. The molecule has 0 saturated carbocycles. The van der Waals surface area contributed by atoms with Crippen molar-refractivity contribution in [2.24, 2.45) is 0 Å². The Labute approximate surface area is 110 Å². The van der Waals surface area contributed by atoms with Crippen molar-refractivity contribution in [1.29, 1.82) is 0 Å². The van der Waals surface area contributed by atoms with Gasteiger partial charge in [0.1, 0.15) is 11.6 Å². The average Bonchev–Trinajstić information content (AvgIpc) is 2.38. The molecule has 0 atom stereocenters. The molecule has 0 spiro atoms. The van der Waals surface area contributed by atoms with Crippen molar-refractivity contribution in [2.45, 2.75) is 6.18 Å². The molecular formula is C14H7F5O. The van der Waals surface area contributed by atoms with Crippen LogP contribution in [0.2, 0.25) is 0 Å². The molecule has 0 aliphatic carbocycles. The Bertz CT molecular complexity index is 644. The van der Waals surface area contributed by atoms with Gasteiger partial charge in [0.05, 0.1) is 11.1 Å². The predicted molar refractivity (Wildman–Crippen MR) is 62.2 cm³/mol. The van der Waals surface area contributed by atoms with Gasteiger partial charge in [0.15, 0.2) is 6.29 Å². The van der Waals surface area contributed by atoms with Crippen LogP contribution < -0.4 is 0 Å². The van der Waals surface area contributed by atoms with E-state index < -0.39 is 28.9 Å². The maximum Gasteiger partial charge on any atom is 0.416 e. The van der Waals surface area contributed by atoms with Gasteiger partial charge >= 0.3 is 6.18 Å². The van der Waals surface area contributed by atoms with E-state index in [1.165, 1.54) is 0 Å². The quantitative estimate of drug-likeness (QED) is 0.588. The van der Waals surface area contributed by atoms with Crippen LogP contribution in [0.3, 0.4) is 0 Å². The van der Waals surface area contributed by atoms with Crippen molar-refractivity contribution in [2.75, 3.05) is 0 Å². The summed E-state index contributed by atoms with van der Waals surface area (Å²) in [5.41, 5.74) is -1.64. The summed E-state index contributed by atoms with van der Waals surface area (Å²) >= 11 is 0. The number of halogens is 5. The lowest BCUT2D eigenvalue weighted by molar-refractivity contribution is -0.137. The summed E-state index contributed by atoms with van der Waals surface area (Å²) in [6, 6.07) is 5.67. The SMILES string of the molecule is O=Cc1c(F)ccc(-c2ccc(C(F)(F)F)cc2)c1F. The standard InChI is InChI=1S/C14H7F5O/c15-12-6-5-10(13(16)11(12)7-20)8-1-3-9(4-2-8)14(17,18)19/h1-7H. The third-order valence-electron chi connectivity index (χ3n) is 2.77. The molecule has 0 aliphatic heterocycles. The Morgan fingerprint density at radius 3 is 2.00 bits per heavy atom. The van der Waals surface area contributed by atoms with Crippen LogP contribution >= 0.6 is 0 Å². The molecule has 2 rings (SSSR count). The first-order chi connectivity index (χ1) is 9.34. The molecule has 6 heteroatoms. The fourth-order valence-electron chi connectivity index (χ4n) is 1.74. The molecule has 20 heavy (non-hydrogen) atoms. The maximum absolute atomic E-state index is 13.9. The van der Waals surface area contributed by atoms with Gasteiger partial charge < -0.3 is 0 Å². The highest BCUT2D eigenvalue weighted by Crippen LogP contribution is 2.32. The second-order valence-corrected chi connectivity index (χ2v) is 4.02. The molecule has 104 valence electrons. The van der Waals surface area contributed by atoms with E-state index in [9.17, 15) is 26.7 Å². The highest BCUT2D eigenvalue weighted by Gasteiger charge is 2.30. The number of alkyl halides is 3. The molecule has 1 nitrogen and oxygen atoms in total. The topological polar surface area (TPSA) is 17.1 Å². The largest absolute Gasteiger partial charge is 0.416 e. The summed E-state index contributed by atoms with van der Waals surface area (Å²) in [5.74, 6) is -2.12. The van der Waals surface area contributed by atoms with Gasteiger partial charge in [-0.15, -0.1) is 0 Å². The van der Waals surface area contributed by atoms with Gasteiger partial charge in [-0.05, 0) is 29.8 Å². The highest BCUT2D eigenvalue weighted by molar-refractivity contribution is 5.80. The average molecular weight is 286 g/mol. The summed E-state index contributed by atoms with van der Waals surface area (Å²) in [6.07, 6.45) is -4.47. The summed E-state index contributed by atoms with van der Waals surface area (Å²) in [5, 5.41) is 0. The third kappa shape index (κ3) is 2.54. The van der Waals surface area contributed by atoms with E-state index in [0.717, 1.165) is 36.4 Å². The van der Waals surface area contributed by atoms with Crippen LogP contribution in [0.1, 0.15) is 15.9 Å². The third-order valence-corrected chi connectivity index (χ3v) is 2.77. The summed E-state index contributed by atoms with van der Waals surface area (Å²) in [6.45, 7) is 0. The van der Waals surface area contributed by atoms with E-state index in [-0.39, 0.29) is 17.4 Å². The molecule has 0 bridgehead atoms. The van der Waals surface area contributed by atoms with Gasteiger partial charge in [0.25, 0.3) is 0 Å². The van der Waals surface area contributed by atoms with Crippen LogP contribution in [0.5, 0.6) is 0 Å². The van der Waals surface area contributed by atoms with Gasteiger partial charge in [-0.3, -0.25) is 4.79 Å². The summed E-state index contributed by atoms with van der Waals surface area (Å²) in [4.78, 5) is 10.6. The maximum atomic E-state index is 13.9. The minimum Gasteiger partial charge on any atom is -0.298 e. The Morgan fingerprint density at radius 2 is 1.50 bits per heavy atom. The number of carbonyl (C=O) groups excluding carboxylic acids is 1. The van der Waals surface area contributed by atoms with Gasteiger partial charge in [0, 0.05) is 5.56 Å². The lowest BCUT2D eigenvalue weighted by atomic mass is 10.0. The van der Waals surface area contributed by atoms with Gasteiger partial charge in [-0.25, -0.2) is 8.78 Å². The van der Waals surface area contributed by atoms with E-state index in [1.807, 2.05) is 0 Å². The molecule has 0 fully saturated rings. The zero-order chi connectivity index (χ0) is 14.9. The Kier molecular flexibility index (Phi) is 3.57. The number of carbonyl (C=O) groups is 1. The molecule has 0 aromatic heterocycles. The lowest BCUT2D eigenvalue weighted by Crippen LogP contribution is -2.04. The van der Waals surface area contributed by atoms with Crippen LogP contribution in [-0.2, 0) is 6.18 Å². The number of benzene rings is 2. The van der Waals surface area contributed by atoms with Crippen LogP contribution in [0.25, 0.3) is 11.1 Å². The second kappa shape index (κ2) is 5.03. The lowest BCUT2D eigenvalue weighted by Gasteiger charge is -2.09. The van der Waals surface area contributed by atoms with Gasteiger partial charge in [-0.2, -0.15) is 13.2 Å². The molecule has 0 heterocycles. The zero-order valence-corrected chi connectivity index (χ0v) is 9.84. The Balaban J connectivity index is 2.50. The first kappa shape index (κ1) is 14.2. The van der Waals surface area contributed by atoms with E-state index in [1.54, 1.807) is 0 Å². The normalized spacial score (nSPS) is 11.4. The van der Waals surface area contributed by atoms with Crippen molar-refractivity contribution in [3.63, 3.8) is 0 Å². The van der Waals surface area contributed by atoms with E-state index in [4.69, 9.17) is 0 Å². The highest BCUT2D eigenvalue weighted by atomic mass is 19.4. The molecule has 0 amide bonds. The first-order valence-electron chi connectivity index (χ1n) is 5.45. The molecule has 0 unspecified atom stereocenters. The number of rotatable bonds is 2. The van der Waals surface area contributed by atoms with Crippen LogP contribution in [0.4, 0.5) is 22.0 Å². The molecule has 0 radical (unpaired) electrons. The molecule has 0 N–H and O–H groups in total. The van der Waals surface area contributed by atoms with Crippen molar-refractivity contribution >= 4 is 6.29 Å². The monoisotopic (exact) mass is 286 g/mol. The van der Waals surface area contributed by atoms with Crippen LogP contribution in [0.15, 0.2) is 36.4 Å². The molecular weight excluding hydrogens is 279 g/mol. The Hall–Kier alpha value is -2.24. The second-order valence-electron chi connectivity index (χ2n) is 4.02. The van der Waals surface area contributed by atoms with Gasteiger partial charge in [0.2, 0.25) is 0 Å². The number of hydrogen-bond donors (Lipinski definition) is 0. The first-order valence-corrected chi connectivity index (χ1v) is 5.45. The molecule has 2 aromatic rings. The smallest absolute Gasteiger partial charge is 0.298 e. The minimum atomic E-state index is -4.49. The molecule has 0 aliphatic rings. The summed E-state index contributed by atoms with van der Waals surface area (Å²) in [7, 11) is 0. The van der Waals surface area contributed by atoms with Crippen LogP contribution in [-0.4, -0.2) is 6.29 Å². The fourth-order valence-corrected chi connectivity index (χ4v) is 1.74. The van der Waals surface area contributed by atoms with Crippen molar-refractivity contribution in [3.8, 4) is 11.1 Å². The zero-order valence-electron chi connectivity index (χ0n) is 9.84. The number of aldehydes is 1.